The third-order valence-corrected chi connectivity index (χ3v) is 8.32. The van der Waals surface area contributed by atoms with Crippen molar-refractivity contribution < 1.29 is 4.42 Å². The van der Waals surface area contributed by atoms with Gasteiger partial charge in [0.25, 0.3) is 0 Å². The average Bonchev–Trinajstić information content (AvgIpc) is 3.71. The van der Waals surface area contributed by atoms with Crippen LogP contribution in [0.2, 0.25) is 0 Å². The molecule has 0 bridgehead atoms. The third kappa shape index (κ3) is 4.59. The number of hydrogen-bond donors (Lipinski definition) is 0. The molecule has 0 radical (unpaired) electrons. The minimum Gasteiger partial charge on any atom is -0.416 e. The summed E-state index contributed by atoms with van der Waals surface area (Å²) in [6.07, 6.45) is 7.84. The molecule has 0 saturated carbocycles. The Bertz CT molecular complexity index is 2100. The summed E-state index contributed by atoms with van der Waals surface area (Å²) in [7, 11) is 0. The Labute approximate surface area is 256 Å². The topological polar surface area (TPSA) is 47.1 Å². The maximum absolute atomic E-state index is 6.02. The largest absolute Gasteiger partial charge is 0.416 e. The zero-order valence-corrected chi connectivity index (χ0v) is 24.3. The van der Waals surface area contributed by atoms with Gasteiger partial charge in [0.2, 0.25) is 11.8 Å². The summed E-state index contributed by atoms with van der Waals surface area (Å²) >= 11 is 0. The molecule has 1 atom stereocenters. The summed E-state index contributed by atoms with van der Waals surface area (Å²) in [5.74, 6) is 1.54. The van der Waals surface area contributed by atoms with Crippen molar-refractivity contribution >= 4 is 33.2 Å². The van der Waals surface area contributed by atoms with E-state index in [1.807, 2.05) is 42.5 Å². The molecule has 1 aliphatic carbocycles. The van der Waals surface area contributed by atoms with Gasteiger partial charge in [-0.25, -0.2) is 0 Å². The van der Waals surface area contributed by atoms with Gasteiger partial charge in [0, 0.05) is 44.7 Å². The van der Waals surface area contributed by atoms with E-state index in [-0.39, 0.29) is 0 Å². The number of hydrogen-bond acceptors (Lipinski definition) is 4. The number of allylic oxidation sites excluding steroid dienone is 3. The van der Waals surface area contributed by atoms with E-state index in [0.29, 0.717) is 17.7 Å². The van der Waals surface area contributed by atoms with Crippen LogP contribution >= 0.6 is 0 Å². The number of aromatic nitrogens is 3. The molecule has 212 valence electrons. The lowest BCUT2D eigenvalue weighted by Crippen LogP contribution is -2.17. The fourth-order valence-electron chi connectivity index (χ4n) is 6.07. The van der Waals surface area contributed by atoms with Crippen LogP contribution < -0.4 is 4.90 Å². The molecule has 7 aromatic rings. The second kappa shape index (κ2) is 10.9. The Hall–Kier alpha value is -5.68. The zero-order chi connectivity index (χ0) is 29.5. The van der Waals surface area contributed by atoms with Crippen molar-refractivity contribution in [3.63, 3.8) is 0 Å². The van der Waals surface area contributed by atoms with Crippen molar-refractivity contribution in [2.24, 2.45) is 5.92 Å². The SMILES string of the molecule is CC1C=CC(N(c2ccc(-c3nnc(-c4ccccc4)o3)cc2)c2ccc(-n3c4ccccc4c4ccccc43)cc2)=CC1. The molecule has 5 aromatic carbocycles. The van der Waals surface area contributed by atoms with E-state index in [9.17, 15) is 0 Å². The van der Waals surface area contributed by atoms with E-state index >= 15 is 0 Å². The lowest BCUT2D eigenvalue weighted by molar-refractivity contribution is 0.584. The van der Waals surface area contributed by atoms with Gasteiger partial charge >= 0.3 is 0 Å². The van der Waals surface area contributed by atoms with Gasteiger partial charge < -0.3 is 13.9 Å². The van der Waals surface area contributed by atoms with Gasteiger partial charge in [-0.3, -0.25) is 0 Å². The molecule has 0 fully saturated rings. The van der Waals surface area contributed by atoms with Crippen LogP contribution in [-0.2, 0) is 0 Å². The van der Waals surface area contributed by atoms with Crippen LogP contribution in [-0.4, -0.2) is 14.8 Å². The van der Waals surface area contributed by atoms with E-state index in [4.69, 9.17) is 4.42 Å². The van der Waals surface area contributed by atoms with Crippen LogP contribution in [0.3, 0.4) is 0 Å². The van der Waals surface area contributed by atoms with Crippen molar-refractivity contribution in [2.75, 3.05) is 4.90 Å². The van der Waals surface area contributed by atoms with E-state index < -0.39 is 0 Å². The summed E-state index contributed by atoms with van der Waals surface area (Å²) in [6.45, 7) is 2.25. The molecular weight excluding hydrogens is 540 g/mol. The first-order valence-corrected chi connectivity index (χ1v) is 15.0. The lowest BCUT2D eigenvalue weighted by Gasteiger charge is -2.28. The van der Waals surface area contributed by atoms with Gasteiger partial charge in [0.15, 0.2) is 0 Å². The van der Waals surface area contributed by atoms with E-state index in [1.54, 1.807) is 0 Å². The van der Waals surface area contributed by atoms with Crippen molar-refractivity contribution in [1.29, 1.82) is 0 Å². The Kier molecular flexibility index (Phi) is 6.42. The molecule has 5 nitrogen and oxygen atoms in total. The van der Waals surface area contributed by atoms with Crippen LogP contribution in [0.4, 0.5) is 11.4 Å². The van der Waals surface area contributed by atoms with Crippen LogP contribution in [0, 0.1) is 5.92 Å². The first-order chi connectivity index (χ1) is 21.7. The van der Waals surface area contributed by atoms with Gasteiger partial charge in [0.05, 0.1) is 11.0 Å². The molecule has 8 rings (SSSR count). The van der Waals surface area contributed by atoms with Crippen molar-refractivity contribution in [3.05, 3.63) is 151 Å². The van der Waals surface area contributed by atoms with Crippen molar-refractivity contribution in [1.82, 2.24) is 14.8 Å². The molecule has 2 heterocycles. The van der Waals surface area contributed by atoms with Gasteiger partial charge in [-0.15, -0.1) is 10.2 Å². The van der Waals surface area contributed by atoms with Gasteiger partial charge in [-0.2, -0.15) is 0 Å². The van der Waals surface area contributed by atoms with Crippen LogP contribution in [0.25, 0.3) is 50.4 Å². The predicted molar refractivity (Wildman–Crippen MR) is 179 cm³/mol. The molecule has 5 heteroatoms. The van der Waals surface area contributed by atoms with Crippen molar-refractivity contribution in [2.45, 2.75) is 13.3 Å². The summed E-state index contributed by atoms with van der Waals surface area (Å²) in [6, 6.07) is 44.3. The summed E-state index contributed by atoms with van der Waals surface area (Å²) in [5, 5.41) is 11.1. The molecule has 44 heavy (non-hydrogen) atoms. The average molecular weight is 571 g/mol. The second-order valence-electron chi connectivity index (χ2n) is 11.2. The first-order valence-electron chi connectivity index (χ1n) is 15.0. The Morgan fingerprint density at radius 2 is 1.18 bits per heavy atom. The summed E-state index contributed by atoms with van der Waals surface area (Å²) < 4.78 is 8.37. The Morgan fingerprint density at radius 3 is 1.77 bits per heavy atom. The number of benzene rings is 5. The lowest BCUT2D eigenvalue weighted by atomic mass is 10.0. The monoisotopic (exact) mass is 570 g/mol. The van der Waals surface area contributed by atoms with E-state index in [0.717, 1.165) is 40.3 Å². The molecule has 2 aromatic heterocycles. The molecule has 1 unspecified atom stereocenters. The van der Waals surface area contributed by atoms with Crippen LogP contribution in [0.1, 0.15) is 13.3 Å². The van der Waals surface area contributed by atoms with Gasteiger partial charge in [-0.05, 0) is 91.2 Å². The smallest absolute Gasteiger partial charge is 0.248 e. The van der Waals surface area contributed by atoms with Crippen molar-refractivity contribution in [3.8, 4) is 28.6 Å². The minimum atomic E-state index is 0.503. The normalized spacial score (nSPS) is 14.7. The molecule has 0 amide bonds. The fourth-order valence-corrected chi connectivity index (χ4v) is 6.07. The quantitative estimate of drug-likeness (QED) is 0.200. The summed E-state index contributed by atoms with van der Waals surface area (Å²) in [5.41, 5.74) is 8.65. The zero-order valence-electron chi connectivity index (χ0n) is 24.3. The molecule has 0 N–H and O–H groups in total. The van der Waals surface area contributed by atoms with E-state index in [1.165, 1.54) is 21.8 Å². The van der Waals surface area contributed by atoms with Gasteiger partial charge in [0.1, 0.15) is 0 Å². The molecule has 0 aliphatic heterocycles. The third-order valence-electron chi connectivity index (χ3n) is 8.32. The Morgan fingerprint density at radius 1 is 0.636 bits per heavy atom. The second-order valence-corrected chi connectivity index (χ2v) is 11.2. The maximum atomic E-state index is 6.02. The standard InChI is InChI=1S/C39H30N4O/c1-27-15-19-30(20-16-27)42(31-21-17-29(18-22-31)39-41-40-38(44-39)28-9-3-2-4-10-28)32-23-25-33(26-24-32)43-36-13-7-5-11-34(36)35-12-6-8-14-37(35)43/h2-15,17-27H,16H2,1H3. The highest BCUT2D eigenvalue weighted by atomic mass is 16.4. The fraction of sp³-hybridized carbons (Fsp3) is 0.0769. The number of rotatable bonds is 6. The predicted octanol–water partition coefficient (Wildman–Crippen LogP) is 10.1. The number of nitrogens with zero attached hydrogens (tertiary/aromatic N) is 4. The molecule has 0 spiro atoms. The minimum absolute atomic E-state index is 0.503. The molecule has 0 saturated heterocycles. The molecule has 1 aliphatic rings. The number of anilines is 2. The first kappa shape index (κ1) is 26.0. The highest BCUT2D eigenvalue weighted by molar-refractivity contribution is 6.09. The maximum Gasteiger partial charge on any atom is 0.248 e. The summed E-state index contributed by atoms with van der Waals surface area (Å²) in [4.78, 5) is 2.31. The number of fused-ring (bicyclic) bond motifs is 3. The highest BCUT2D eigenvalue weighted by Gasteiger charge is 2.18. The molecular formula is C39H30N4O. The van der Waals surface area contributed by atoms with Crippen LogP contribution in [0.15, 0.2) is 156 Å². The van der Waals surface area contributed by atoms with E-state index in [2.05, 4.69) is 130 Å². The van der Waals surface area contributed by atoms with Crippen LogP contribution in [0.5, 0.6) is 0 Å². The Balaban J connectivity index is 1.16. The van der Waals surface area contributed by atoms with Gasteiger partial charge in [-0.1, -0.05) is 73.7 Å². The highest BCUT2D eigenvalue weighted by Crippen LogP contribution is 2.37. The number of para-hydroxylation sites is 2.